The predicted molar refractivity (Wildman–Crippen MR) is 106 cm³/mol. The van der Waals surface area contributed by atoms with Crippen LogP contribution in [0.3, 0.4) is 0 Å². The lowest BCUT2D eigenvalue weighted by Crippen LogP contribution is -2.29. The number of hydrogen-bond acceptors (Lipinski definition) is 3. The zero-order valence-electron chi connectivity index (χ0n) is 16.2. The number of phenols is 1. The molecule has 0 amide bonds. The molecule has 1 unspecified atom stereocenters. The third kappa shape index (κ3) is 7.29. The van der Waals surface area contributed by atoms with Crippen molar-refractivity contribution in [3.05, 3.63) is 65.2 Å². The largest absolute Gasteiger partial charge is 0.508 e. The van der Waals surface area contributed by atoms with Crippen molar-refractivity contribution in [1.29, 1.82) is 0 Å². The summed E-state index contributed by atoms with van der Waals surface area (Å²) in [5.74, 6) is 0.459. The molecule has 0 heterocycles. The molecule has 0 saturated heterocycles. The van der Waals surface area contributed by atoms with Crippen LogP contribution in [0.1, 0.15) is 63.6 Å². The van der Waals surface area contributed by atoms with Gasteiger partial charge in [-0.25, -0.2) is 0 Å². The molecular formula is C22H33NO2. The molecule has 3 nitrogen and oxygen atoms in total. The Morgan fingerprint density at radius 2 is 1.52 bits per heavy atom. The predicted octanol–water partition coefficient (Wildman–Crippen LogP) is 4.82. The molecule has 0 aliphatic heterocycles. The number of hydrogen-bond donors (Lipinski definition) is 3. The Morgan fingerprint density at radius 3 is 1.96 bits per heavy atom. The molecule has 2 rings (SSSR count). The Labute approximate surface area is 152 Å². The fraction of sp³-hybridized carbons (Fsp3) is 0.455. The maximum absolute atomic E-state index is 10.0. The monoisotopic (exact) mass is 343 g/mol. The van der Waals surface area contributed by atoms with Crippen LogP contribution in [-0.2, 0) is 6.61 Å². The van der Waals surface area contributed by atoms with E-state index in [-0.39, 0.29) is 12.5 Å². The van der Waals surface area contributed by atoms with Gasteiger partial charge in [-0.05, 0) is 29.7 Å². The second-order valence-electron chi connectivity index (χ2n) is 6.90. The topological polar surface area (TPSA) is 52.5 Å². The minimum atomic E-state index is -0.00148. The number of phenolic OH excluding ortho intramolecular Hbond substituents is 1. The van der Waals surface area contributed by atoms with Gasteiger partial charge in [0.2, 0.25) is 0 Å². The first-order chi connectivity index (χ1) is 11.9. The van der Waals surface area contributed by atoms with Crippen LogP contribution in [-0.4, -0.2) is 22.3 Å². The van der Waals surface area contributed by atoms with E-state index < -0.39 is 0 Å². The molecule has 2 aromatic rings. The summed E-state index contributed by atoms with van der Waals surface area (Å²) in [7, 11) is 0. The van der Waals surface area contributed by atoms with Gasteiger partial charge in [-0.1, -0.05) is 71.0 Å². The lowest BCUT2D eigenvalue weighted by Gasteiger charge is -2.18. The fourth-order valence-electron chi connectivity index (χ4n) is 2.97. The van der Waals surface area contributed by atoms with Gasteiger partial charge >= 0.3 is 0 Å². The van der Waals surface area contributed by atoms with Crippen molar-refractivity contribution in [2.45, 2.75) is 65.6 Å². The third-order valence-corrected chi connectivity index (χ3v) is 3.93. The summed E-state index contributed by atoms with van der Waals surface area (Å²) in [5, 5.41) is 22.5. The summed E-state index contributed by atoms with van der Waals surface area (Å²) in [6, 6.07) is 16.7. The van der Waals surface area contributed by atoms with E-state index in [2.05, 4.69) is 52.1 Å². The van der Waals surface area contributed by atoms with E-state index in [0.29, 0.717) is 17.8 Å². The van der Waals surface area contributed by atoms with Gasteiger partial charge in [0, 0.05) is 23.6 Å². The molecule has 3 N–H and O–H groups in total. The maximum atomic E-state index is 10.0. The quantitative estimate of drug-likeness (QED) is 0.705. The maximum Gasteiger partial charge on any atom is 0.119 e. The zero-order valence-corrected chi connectivity index (χ0v) is 16.2. The first kappa shape index (κ1) is 21.2. The van der Waals surface area contributed by atoms with Crippen molar-refractivity contribution in [2.75, 3.05) is 0 Å². The highest BCUT2D eigenvalue weighted by Crippen LogP contribution is 2.34. The SMILES string of the molecule is CC(C)NC(C)C.CCC(c1ccccc1)c1cc(CO)ccc1O. The van der Waals surface area contributed by atoms with Crippen molar-refractivity contribution >= 4 is 0 Å². The molecule has 0 radical (unpaired) electrons. The van der Waals surface area contributed by atoms with Gasteiger partial charge in [-0.15, -0.1) is 0 Å². The highest BCUT2D eigenvalue weighted by Gasteiger charge is 2.16. The van der Waals surface area contributed by atoms with E-state index in [0.717, 1.165) is 17.5 Å². The highest BCUT2D eigenvalue weighted by atomic mass is 16.3. The first-order valence-electron chi connectivity index (χ1n) is 9.12. The molecule has 0 fully saturated rings. The number of nitrogens with one attached hydrogen (secondary N) is 1. The lowest BCUT2D eigenvalue weighted by atomic mass is 9.88. The smallest absolute Gasteiger partial charge is 0.119 e. The molecule has 2 aromatic carbocycles. The van der Waals surface area contributed by atoms with Gasteiger partial charge in [0.15, 0.2) is 0 Å². The molecule has 0 saturated carbocycles. The van der Waals surface area contributed by atoms with E-state index in [1.165, 1.54) is 5.56 Å². The summed E-state index contributed by atoms with van der Waals surface area (Å²) in [6.45, 7) is 10.7. The number of aromatic hydroxyl groups is 1. The van der Waals surface area contributed by atoms with Gasteiger partial charge in [-0.2, -0.15) is 0 Å². The van der Waals surface area contributed by atoms with Gasteiger partial charge < -0.3 is 15.5 Å². The third-order valence-electron chi connectivity index (χ3n) is 3.93. The summed E-state index contributed by atoms with van der Waals surface area (Å²) < 4.78 is 0. The number of aliphatic hydroxyl groups excluding tert-OH is 1. The number of rotatable bonds is 6. The van der Waals surface area contributed by atoms with Gasteiger partial charge in [0.05, 0.1) is 6.61 Å². The lowest BCUT2D eigenvalue weighted by molar-refractivity contribution is 0.281. The zero-order chi connectivity index (χ0) is 18.8. The minimum Gasteiger partial charge on any atom is -0.508 e. The van der Waals surface area contributed by atoms with Crippen LogP contribution in [0.15, 0.2) is 48.5 Å². The molecule has 0 bridgehead atoms. The summed E-state index contributed by atoms with van der Waals surface area (Å²) in [5.41, 5.74) is 2.90. The van der Waals surface area contributed by atoms with E-state index in [4.69, 9.17) is 0 Å². The van der Waals surface area contributed by atoms with Crippen LogP contribution in [0.25, 0.3) is 0 Å². The molecule has 0 aliphatic carbocycles. The molecule has 3 heteroatoms. The van der Waals surface area contributed by atoms with Gasteiger partial charge in [-0.3, -0.25) is 0 Å². The van der Waals surface area contributed by atoms with Crippen LogP contribution < -0.4 is 5.32 Å². The average Bonchev–Trinajstić information content (AvgIpc) is 2.57. The van der Waals surface area contributed by atoms with Crippen LogP contribution in [0.5, 0.6) is 5.75 Å². The van der Waals surface area contributed by atoms with Gasteiger partial charge in [0.1, 0.15) is 5.75 Å². The fourth-order valence-corrected chi connectivity index (χ4v) is 2.97. The van der Waals surface area contributed by atoms with Crippen molar-refractivity contribution < 1.29 is 10.2 Å². The number of benzene rings is 2. The highest BCUT2D eigenvalue weighted by molar-refractivity contribution is 5.43. The van der Waals surface area contributed by atoms with E-state index >= 15 is 0 Å². The Kier molecular flexibility index (Phi) is 9.25. The number of aliphatic hydroxyl groups is 1. The Hall–Kier alpha value is -1.84. The summed E-state index contributed by atoms with van der Waals surface area (Å²) in [6.07, 6.45) is 0.909. The van der Waals surface area contributed by atoms with Crippen molar-refractivity contribution in [3.63, 3.8) is 0 Å². The summed E-state index contributed by atoms with van der Waals surface area (Å²) in [4.78, 5) is 0. The second-order valence-corrected chi connectivity index (χ2v) is 6.90. The Bertz CT molecular complexity index is 603. The normalized spacial score (nSPS) is 12.0. The first-order valence-corrected chi connectivity index (χ1v) is 9.12. The average molecular weight is 344 g/mol. The van der Waals surface area contributed by atoms with Crippen molar-refractivity contribution in [1.82, 2.24) is 5.32 Å². The van der Waals surface area contributed by atoms with Gasteiger partial charge in [0.25, 0.3) is 0 Å². The standard InChI is InChI=1S/C16H18O2.C6H15N/c1-2-14(13-6-4-3-5-7-13)15-10-12(11-17)8-9-16(15)18;1-5(2)7-6(3)4/h3-10,14,17-18H,2,11H2,1H3;5-7H,1-4H3. The minimum absolute atomic E-state index is 0.00148. The molecule has 0 aromatic heterocycles. The van der Waals surface area contributed by atoms with Crippen molar-refractivity contribution in [3.8, 4) is 5.75 Å². The van der Waals surface area contributed by atoms with Crippen LogP contribution >= 0.6 is 0 Å². The summed E-state index contributed by atoms with van der Waals surface area (Å²) >= 11 is 0. The molecule has 25 heavy (non-hydrogen) atoms. The van der Waals surface area contributed by atoms with Crippen molar-refractivity contribution in [2.24, 2.45) is 0 Å². The second kappa shape index (κ2) is 10.9. The van der Waals surface area contributed by atoms with E-state index in [9.17, 15) is 10.2 Å². The van der Waals surface area contributed by atoms with Crippen LogP contribution in [0.4, 0.5) is 0 Å². The van der Waals surface area contributed by atoms with Crippen LogP contribution in [0, 0.1) is 0 Å². The van der Waals surface area contributed by atoms with Crippen LogP contribution in [0.2, 0.25) is 0 Å². The molecule has 0 spiro atoms. The van der Waals surface area contributed by atoms with E-state index in [1.54, 1.807) is 12.1 Å². The van der Waals surface area contributed by atoms with E-state index in [1.807, 2.05) is 24.3 Å². The molecular weight excluding hydrogens is 310 g/mol. The molecule has 0 aliphatic rings. The Balaban J connectivity index is 0.000000381. The Morgan fingerprint density at radius 1 is 0.920 bits per heavy atom. The molecule has 138 valence electrons. The molecule has 1 atom stereocenters.